The third kappa shape index (κ3) is 1.85. The maximum atomic E-state index is 11.2. The fraction of sp³-hybridized carbons (Fsp3) is 0.909. The Bertz CT molecular complexity index is 279. The van der Waals surface area contributed by atoms with Crippen molar-refractivity contribution in [1.82, 2.24) is 4.90 Å². The third-order valence-corrected chi connectivity index (χ3v) is 4.46. The topological polar surface area (TPSA) is 66.6 Å². The van der Waals surface area contributed by atoms with Crippen LogP contribution in [0.5, 0.6) is 0 Å². The van der Waals surface area contributed by atoms with Crippen LogP contribution in [-0.2, 0) is 4.79 Å². The summed E-state index contributed by atoms with van der Waals surface area (Å²) in [4.78, 5) is 13.0. The van der Waals surface area contributed by atoms with Crippen molar-refractivity contribution in [2.75, 3.05) is 12.3 Å². The predicted octanol–water partition coefficient (Wildman–Crippen LogP) is 0.355. The molecular formula is C11H20N2O2S. The summed E-state index contributed by atoms with van der Waals surface area (Å²) in [7, 11) is 0. The standard InChI is InChI=1S/C11H20N2O2S/c12-9(14)8(6-16)13-7-11(10(13)15)4-2-1-3-5-11/h8,10,15-16H,1-7H2,(H2,12,14). The van der Waals surface area contributed by atoms with Gasteiger partial charge in [0, 0.05) is 17.7 Å². The summed E-state index contributed by atoms with van der Waals surface area (Å²) in [5, 5.41) is 10.2. The number of likely N-dealkylation sites (tertiary alicyclic amines) is 1. The maximum Gasteiger partial charge on any atom is 0.235 e. The van der Waals surface area contributed by atoms with Crippen LogP contribution in [-0.4, -0.2) is 40.5 Å². The first-order valence-corrected chi connectivity index (χ1v) is 6.58. The second kappa shape index (κ2) is 4.55. The van der Waals surface area contributed by atoms with E-state index in [2.05, 4.69) is 12.6 Å². The Morgan fingerprint density at radius 1 is 1.50 bits per heavy atom. The highest BCUT2D eigenvalue weighted by atomic mass is 32.1. The predicted molar refractivity (Wildman–Crippen MR) is 65.1 cm³/mol. The highest BCUT2D eigenvalue weighted by molar-refractivity contribution is 7.80. The van der Waals surface area contributed by atoms with Gasteiger partial charge in [-0.05, 0) is 12.8 Å². The highest BCUT2D eigenvalue weighted by Gasteiger charge is 2.54. The van der Waals surface area contributed by atoms with Gasteiger partial charge < -0.3 is 10.8 Å². The van der Waals surface area contributed by atoms with Gasteiger partial charge >= 0.3 is 0 Å². The van der Waals surface area contributed by atoms with Gasteiger partial charge in [0.1, 0.15) is 6.23 Å². The van der Waals surface area contributed by atoms with Gasteiger partial charge in [-0.2, -0.15) is 12.6 Å². The van der Waals surface area contributed by atoms with Crippen molar-refractivity contribution in [3.05, 3.63) is 0 Å². The molecule has 1 heterocycles. The summed E-state index contributed by atoms with van der Waals surface area (Å²) < 4.78 is 0. The third-order valence-electron chi connectivity index (χ3n) is 4.11. The van der Waals surface area contributed by atoms with Crippen LogP contribution in [0.15, 0.2) is 0 Å². The van der Waals surface area contributed by atoms with Crippen molar-refractivity contribution in [3.63, 3.8) is 0 Å². The van der Waals surface area contributed by atoms with Gasteiger partial charge in [-0.1, -0.05) is 19.3 Å². The van der Waals surface area contributed by atoms with Crippen molar-refractivity contribution in [1.29, 1.82) is 0 Å². The molecule has 0 aromatic heterocycles. The van der Waals surface area contributed by atoms with Crippen LogP contribution >= 0.6 is 12.6 Å². The van der Waals surface area contributed by atoms with Gasteiger partial charge in [-0.15, -0.1) is 0 Å². The number of thiol groups is 1. The molecule has 0 radical (unpaired) electrons. The first-order valence-electron chi connectivity index (χ1n) is 5.95. The zero-order chi connectivity index (χ0) is 11.8. The summed E-state index contributed by atoms with van der Waals surface area (Å²) in [6.07, 6.45) is 5.28. The van der Waals surface area contributed by atoms with E-state index in [-0.39, 0.29) is 11.3 Å². The van der Waals surface area contributed by atoms with Crippen LogP contribution in [0.25, 0.3) is 0 Å². The summed E-state index contributed by atoms with van der Waals surface area (Å²) in [5.41, 5.74) is 5.33. The number of aliphatic hydroxyl groups is 1. The van der Waals surface area contributed by atoms with E-state index in [0.29, 0.717) is 5.75 Å². The monoisotopic (exact) mass is 244 g/mol. The van der Waals surface area contributed by atoms with Gasteiger partial charge in [0.25, 0.3) is 0 Å². The Labute approximate surface area is 102 Å². The molecule has 1 aliphatic heterocycles. The van der Waals surface area contributed by atoms with E-state index in [0.717, 1.165) is 19.4 Å². The average molecular weight is 244 g/mol. The quantitative estimate of drug-likeness (QED) is 0.628. The molecule has 1 aliphatic carbocycles. The molecule has 16 heavy (non-hydrogen) atoms. The largest absolute Gasteiger partial charge is 0.378 e. The number of aliphatic hydroxyl groups excluding tert-OH is 1. The first-order chi connectivity index (χ1) is 7.60. The van der Waals surface area contributed by atoms with Crippen LogP contribution in [0.4, 0.5) is 0 Å². The molecule has 1 saturated carbocycles. The first kappa shape index (κ1) is 12.2. The number of hydrogen-bond acceptors (Lipinski definition) is 4. The maximum absolute atomic E-state index is 11.2. The average Bonchev–Trinajstić information content (AvgIpc) is 2.29. The second-order valence-corrected chi connectivity index (χ2v) is 5.43. The Kier molecular flexibility index (Phi) is 3.47. The lowest BCUT2D eigenvalue weighted by atomic mass is 9.66. The summed E-state index contributed by atoms with van der Waals surface area (Å²) in [6, 6.07) is -0.425. The van der Waals surface area contributed by atoms with E-state index in [1.54, 1.807) is 4.90 Å². The normalized spacial score (nSPS) is 31.0. The molecule has 2 fully saturated rings. The minimum absolute atomic E-state index is 0.0366. The van der Waals surface area contributed by atoms with Crippen LogP contribution in [0.1, 0.15) is 32.1 Å². The summed E-state index contributed by atoms with van der Waals surface area (Å²) in [6.45, 7) is 0.794. The van der Waals surface area contributed by atoms with Crippen LogP contribution in [0.2, 0.25) is 0 Å². The van der Waals surface area contributed by atoms with Crippen molar-refractivity contribution in [2.45, 2.75) is 44.4 Å². The lowest BCUT2D eigenvalue weighted by Crippen LogP contribution is -2.70. The van der Waals surface area contributed by atoms with Crippen molar-refractivity contribution >= 4 is 18.5 Å². The molecule has 0 aromatic carbocycles. The zero-order valence-corrected chi connectivity index (χ0v) is 10.3. The Balaban J connectivity index is 2.00. The molecule has 2 rings (SSSR count). The van der Waals surface area contributed by atoms with Crippen molar-refractivity contribution in [2.24, 2.45) is 11.1 Å². The van der Waals surface area contributed by atoms with Gasteiger partial charge in [-0.3, -0.25) is 9.69 Å². The van der Waals surface area contributed by atoms with Gasteiger partial charge in [0.05, 0.1) is 6.04 Å². The summed E-state index contributed by atoms with van der Waals surface area (Å²) in [5.74, 6) is -0.0117. The lowest BCUT2D eigenvalue weighted by molar-refractivity contribution is -0.219. The Morgan fingerprint density at radius 2 is 2.12 bits per heavy atom. The van der Waals surface area contributed by atoms with E-state index >= 15 is 0 Å². The second-order valence-electron chi connectivity index (χ2n) is 5.07. The number of carbonyl (C=O) groups excluding carboxylic acids is 1. The fourth-order valence-electron chi connectivity index (χ4n) is 3.08. The van der Waals surface area contributed by atoms with E-state index in [4.69, 9.17) is 5.73 Å². The number of nitrogens with zero attached hydrogens (tertiary/aromatic N) is 1. The molecule has 3 N–H and O–H groups in total. The molecule has 2 atom stereocenters. The molecular weight excluding hydrogens is 224 g/mol. The SMILES string of the molecule is NC(=O)C(CS)N1CC2(CCCCC2)C1O. The number of amides is 1. The van der Waals surface area contributed by atoms with Gasteiger partial charge in [0.15, 0.2) is 0 Å². The fourth-order valence-corrected chi connectivity index (χ4v) is 3.47. The molecule has 2 unspecified atom stereocenters. The van der Waals surface area contributed by atoms with E-state index in [1.165, 1.54) is 19.3 Å². The number of primary amides is 1. The van der Waals surface area contributed by atoms with Gasteiger partial charge in [-0.25, -0.2) is 0 Å². The smallest absolute Gasteiger partial charge is 0.235 e. The van der Waals surface area contributed by atoms with Crippen LogP contribution in [0.3, 0.4) is 0 Å². The zero-order valence-electron chi connectivity index (χ0n) is 9.43. The van der Waals surface area contributed by atoms with Crippen molar-refractivity contribution < 1.29 is 9.90 Å². The molecule has 92 valence electrons. The molecule has 0 aromatic rings. The molecule has 1 spiro atoms. The summed E-state index contributed by atoms with van der Waals surface area (Å²) >= 11 is 4.12. The van der Waals surface area contributed by atoms with Crippen molar-refractivity contribution in [3.8, 4) is 0 Å². The molecule has 4 nitrogen and oxygen atoms in total. The number of nitrogens with two attached hydrogens (primary N) is 1. The van der Waals surface area contributed by atoms with E-state index in [9.17, 15) is 9.90 Å². The number of hydrogen-bond donors (Lipinski definition) is 3. The van der Waals surface area contributed by atoms with Crippen LogP contribution in [0, 0.1) is 5.41 Å². The van der Waals surface area contributed by atoms with E-state index < -0.39 is 12.3 Å². The Hall–Kier alpha value is -0.260. The molecule has 1 saturated heterocycles. The molecule has 0 bridgehead atoms. The minimum atomic E-state index is -0.502. The minimum Gasteiger partial charge on any atom is -0.378 e. The van der Waals surface area contributed by atoms with Crippen LogP contribution < -0.4 is 5.73 Å². The van der Waals surface area contributed by atoms with E-state index in [1.807, 2.05) is 0 Å². The molecule has 1 amide bonds. The number of rotatable bonds is 3. The lowest BCUT2D eigenvalue weighted by Gasteiger charge is -2.58. The Morgan fingerprint density at radius 3 is 2.56 bits per heavy atom. The van der Waals surface area contributed by atoms with Gasteiger partial charge in [0.2, 0.25) is 5.91 Å². The molecule has 5 heteroatoms. The molecule has 2 aliphatic rings. The number of carbonyl (C=O) groups is 1. The highest BCUT2D eigenvalue weighted by Crippen LogP contribution is 2.48.